The van der Waals surface area contributed by atoms with Crippen LogP contribution in [0.3, 0.4) is 0 Å². The Bertz CT molecular complexity index is 1550. The monoisotopic (exact) mass is 554 g/mol. The molecule has 7 N–H and O–H groups in total. The van der Waals surface area contributed by atoms with Gasteiger partial charge >= 0.3 is 5.69 Å². The van der Waals surface area contributed by atoms with E-state index in [-0.39, 0.29) is 12.1 Å². The molecule has 2 aromatic carbocycles. The second kappa shape index (κ2) is 11.1. The summed E-state index contributed by atoms with van der Waals surface area (Å²) >= 11 is 0. The summed E-state index contributed by atoms with van der Waals surface area (Å²) in [5.41, 5.74) is 15.0. The molecule has 11 nitrogen and oxygen atoms in total. The van der Waals surface area contributed by atoms with Crippen LogP contribution in [0.25, 0.3) is 0 Å². The lowest BCUT2D eigenvalue weighted by Crippen LogP contribution is -2.42. The number of hydrogen-bond acceptors (Lipinski definition) is 7. The van der Waals surface area contributed by atoms with E-state index in [0.29, 0.717) is 42.8 Å². The first-order valence-corrected chi connectivity index (χ1v) is 13.7. The highest BCUT2D eigenvalue weighted by atomic mass is 16.2. The predicted octanol–water partition coefficient (Wildman–Crippen LogP) is 1.60. The molecular formula is C30H34N8O3. The minimum absolute atomic E-state index is 0.125. The summed E-state index contributed by atoms with van der Waals surface area (Å²) in [5.74, 6) is -0.645. The molecule has 1 aromatic heterocycles. The lowest BCUT2D eigenvalue weighted by Gasteiger charge is -2.37. The molecule has 1 unspecified atom stereocenters. The maximum Gasteiger partial charge on any atom is 0.340 e. The van der Waals surface area contributed by atoms with Crippen LogP contribution in [-0.2, 0) is 18.3 Å². The molecule has 0 spiro atoms. The third-order valence-corrected chi connectivity index (χ3v) is 8.34. The average molecular weight is 555 g/mol. The highest BCUT2D eigenvalue weighted by Crippen LogP contribution is 2.46. The molecule has 1 saturated heterocycles. The van der Waals surface area contributed by atoms with E-state index >= 15 is 0 Å². The molecule has 212 valence electrons. The van der Waals surface area contributed by atoms with E-state index in [1.165, 1.54) is 0 Å². The van der Waals surface area contributed by atoms with E-state index in [0.717, 1.165) is 47.3 Å². The van der Waals surface area contributed by atoms with E-state index in [1.807, 2.05) is 24.0 Å². The van der Waals surface area contributed by atoms with Crippen molar-refractivity contribution in [2.45, 2.75) is 56.5 Å². The number of aromatic nitrogens is 3. The van der Waals surface area contributed by atoms with Crippen LogP contribution in [0.5, 0.6) is 0 Å². The fraction of sp³-hybridized carbons (Fsp3) is 0.367. The van der Waals surface area contributed by atoms with Crippen LogP contribution in [-0.4, -0.2) is 57.1 Å². The number of amides is 2. The van der Waals surface area contributed by atoms with Gasteiger partial charge in [-0.1, -0.05) is 18.7 Å². The van der Waals surface area contributed by atoms with Gasteiger partial charge in [0.2, 0.25) is 11.8 Å². The molecule has 5 rings (SSSR count). The van der Waals surface area contributed by atoms with Crippen LogP contribution >= 0.6 is 0 Å². The van der Waals surface area contributed by atoms with E-state index in [2.05, 4.69) is 33.1 Å². The number of aromatic amines is 2. The highest BCUT2D eigenvalue weighted by molar-refractivity contribution is 5.94. The maximum absolute atomic E-state index is 12.4. The van der Waals surface area contributed by atoms with Crippen LogP contribution < -0.4 is 22.5 Å². The summed E-state index contributed by atoms with van der Waals surface area (Å²) in [6.45, 7) is 7.56. The summed E-state index contributed by atoms with van der Waals surface area (Å²) in [6, 6.07) is 12.8. The smallest absolute Gasteiger partial charge is 0.340 e. The van der Waals surface area contributed by atoms with Gasteiger partial charge in [-0.2, -0.15) is 10.4 Å². The number of benzene rings is 2. The standard InChI is InChI=1S/C30H34N8O3/c1-17(34-16-18(2)38-11-3-4-23(38)15-31)14-30(28-35-29(41)37-36-28)24-9-7-21(26(32)39)12-19(24)5-6-20-13-22(27(33)40)8-10-25(20)30/h7-10,12-13,17,23,34H,2-6,11,14,16H2,1H3,(H2,32,39)(H2,33,40)(H2,35,36,37,41)/t17-,23?/m0/s1. The van der Waals surface area contributed by atoms with Crippen LogP contribution in [0.2, 0.25) is 0 Å². The molecule has 41 heavy (non-hydrogen) atoms. The Labute approximate surface area is 237 Å². The summed E-state index contributed by atoms with van der Waals surface area (Å²) < 4.78 is 0. The summed E-state index contributed by atoms with van der Waals surface area (Å²) in [4.78, 5) is 41.6. The fourth-order valence-corrected chi connectivity index (χ4v) is 6.40. The SMILES string of the molecule is C=C(CN[C@@H](C)CC1(c2n[nH]c(=O)[nH]2)c2ccc(C(N)=O)cc2CCc2cc(C(N)=O)ccc21)N1CCCC1C#N. The molecule has 0 bridgehead atoms. The van der Waals surface area contributed by atoms with Gasteiger partial charge in [0.1, 0.15) is 11.9 Å². The first-order valence-electron chi connectivity index (χ1n) is 13.7. The van der Waals surface area contributed by atoms with Gasteiger partial charge in [0.05, 0.1) is 11.5 Å². The van der Waals surface area contributed by atoms with Crippen LogP contribution in [0.4, 0.5) is 0 Å². The van der Waals surface area contributed by atoms with E-state index in [4.69, 9.17) is 11.5 Å². The third-order valence-electron chi connectivity index (χ3n) is 8.34. The minimum Gasteiger partial charge on any atom is -0.366 e. The van der Waals surface area contributed by atoms with Crippen molar-refractivity contribution in [3.8, 4) is 6.07 Å². The molecule has 2 atom stereocenters. The van der Waals surface area contributed by atoms with Crippen molar-refractivity contribution >= 4 is 11.8 Å². The second-order valence-electron chi connectivity index (χ2n) is 10.9. The summed E-state index contributed by atoms with van der Waals surface area (Å²) in [7, 11) is 0. The Morgan fingerprint density at radius 3 is 2.29 bits per heavy atom. The number of carbonyl (C=O) groups excluding carboxylic acids is 2. The highest BCUT2D eigenvalue weighted by Gasteiger charge is 2.45. The summed E-state index contributed by atoms with van der Waals surface area (Å²) in [5, 5.41) is 20.0. The normalized spacial score (nSPS) is 18.0. The van der Waals surface area contributed by atoms with Crippen molar-refractivity contribution in [2.75, 3.05) is 13.1 Å². The number of hydrogen-bond donors (Lipinski definition) is 5. The fourth-order valence-electron chi connectivity index (χ4n) is 6.40. The van der Waals surface area contributed by atoms with Gasteiger partial charge in [0.25, 0.3) is 0 Å². The Balaban J connectivity index is 1.61. The number of aryl methyl sites for hydroxylation is 2. The number of rotatable bonds is 9. The number of nitriles is 1. The zero-order valence-electron chi connectivity index (χ0n) is 23.0. The Morgan fingerprint density at radius 1 is 1.17 bits per heavy atom. The quantitative estimate of drug-likeness (QED) is 0.266. The third kappa shape index (κ3) is 5.14. The maximum atomic E-state index is 12.4. The lowest BCUT2D eigenvalue weighted by atomic mass is 9.67. The topological polar surface area (TPSA) is 187 Å². The number of primary amides is 2. The molecule has 0 saturated carbocycles. The lowest BCUT2D eigenvalue weighted by molar-refractivity contribution is 0.0991. The second-order valence-corrected chi connectivity index (χ2v) is 10.9. The van der Waals surface area contributed by atoms with Crippen LogP contribution in [0, 0.1) is 11.3 Å². The van der Waals surface area contributed by atoms with Crippen LogP contribution in [0.1, 0.15) is 75.0 Å². The molecular weight excluding hydrogens is 520 g/mol. The minimum atomic E-state index is -0.955. The number of nitrogens with zero attached hydrogens (tertiary/aromatic N) is 3. The van der Waals surface area contributed by atoms with Gasteiger partial charge in [0, 0.05) is 36.0 Å². The number of fused-ring (bicyclic) bond motifs is 2. The van der Waals surface area contributed by atoms with E-state index in [1.54, 1.807) is 24.3 Å². The van der Waals surface area contributed by atoms with Gasteiger partial charge in [-0.3, -0.25) is 14.6 Å². The van der Waals surface area contributed by atoms with Gasteiger partial charge in [-0.15, -0.1) is 0 Å². The zero-order valence-corrected chi connectivity index (χ0v) is 23.0. The predicted molar refractivity (Wildman–Crippen MR) is 153 cm³/mol. The Morgan fingerprint density at radius 2 is 1.78 bits per heavy atom. The summed E-state index contributed by atoms with van der Waals surface area (Å²) in [6.07, 6.45) is 3.40. The molecule has 2 amide bonds. The number of nitrogens with one attached hydrogen (secondary N) is 3. The van der Waals surface area contributed by atoms with Gasteiger partial charge in [-0.05, 0) is 85.5 Å². The van der Waals surface area contributed by atoms with Gasteiger partial charge < -0.3 is 21.7 Å². The average Bonchev–Trinajstić information content (AvgIpc) is 3.60. The number of H-pyrrole nitrogens is 2. The van der Waals surface area contributed by atoms with Crippen molar-refractivity contribution in [2.24, 2.45) is 11.5 Å². The van der Waals surface area contributed by atoms with Gasteiger partial charge in [-0.25, -0.2) is 9.89 Å². The first-order chi connectivity index (χ1) is 19.6. The van der Waals surface area contributed by atoms with Crippen molar-refractivity contribution in [1.29, 1.82) is 5.26 Å². The Kier molecular flexibility index (Phi) is 7.51. The van der Waals surface area contributed by atoms with E-state index in [9.17, 15) is 19.6 Å². The van der Waals surface area contributed by atoms with Crippen molar-refractivity contribution in [3.63, 3.8) is 0 Å². The van der Waals surface area contributed by atoms with Crippen molar-refractivity contribution < 1.29 is 9.59 Å². The number of likely N-dealkylation sites (tertiary alicyclic amines) is 1. The van der Waals surface area contributed by atoms with Crippen molar-refractivity contribution in [1.82, 2.24) is 25.4 Å². The van der Waals surface area contributed by atoms with Crippen molar-refractivity contribution in [3.05, 3.63) is 98.4 Å². The molecule has 3 aromatic rings. The van der Waals surface area contributed by atoms with E-state index < -0.39 is 22.9 Å². The zero-order chi connectivity index (χ0) is 29.3. The number of nitrogens with two attached hydrogens (primary N) is 2. The molecule has 1 fully saturated rings. The van der Waals surface area contributed by atoms with Crippen LogP contribution in [0.15, 0.2) is 53.5 Å². The largest absolute Gasteiger partial charge is 0.366 e. The molecule has 2 heterocycles. The molecule has 1 aliphatic heterocycles. The Hall–Kier alpha value is -4.69. The first kappa shape index (κ1) is 27.9. The molecule has 1 aliphatic carbocycles. The molecule has 0 radical (unpaired) electrons. The van der Waals surface area contributed by atoms with Gasteiger partial charge in [0.15, 0.2) is 0 Å². The number of carbonyl (C=O) groups is 2. The molecule has 11 heteroatoms. The molecule has 2 aliphatic rings.